The molecule has 3 heteroatoms. The lowest BCUT2D eigenvalue weighted by molar-refractivity contribution is 0.456. The highest BCUT2D eigenvalue weighted by atomic mass is 15.3. The van der Waals surface area contributed by atoms with Crippen molar-refractivity contribution in [2.75, 3.05) is 0 Å². The summed E-state index contributed by atoms with van der Waals surface area (Å²) in [5, 5.41) is 8.43. The molecule has 1 N–H and O–H groups in total. The summed E-state index contributed by atoms with van der Waals surface area (Å²) in [6.07, 6.45) is 6.75. The van der Waals surface area contributed by atoms with Crippen LogP contribution < -0.4 is 5.32 Å². The Hall–Kier alpha value is -0.830. The zero-order valence-electron chi connectivity index (χ0n) is 12.3. The maximum atomic E-state index is 4.60. The van der Waals surface area contributed by atoms with E-state index >= 15 is 0 Å². The van der Waals surface area contributed by atoms with Crippen molar-refractivity contribution in [1.82, 2.24) is 15.1 Å². The molecule has 19 heavy (non-hydrogen) atoms. The molecule has 4 unspecified atom stereocenters. The van der Waals surface area contributed by atoms with E-state index in [0.717, 1.165) is 36.3 Å². The molecule has 3 aliphatic carbocycles. The van der Waals surface area contributed by atoms with E-state index in [2.05, 4.69) is 30.5 Å². The Labute approximate surface area is 115 Å². The van der Waals surface area contributed by atoms with Crippen LogP contribution in [0.5, 0.6) is 0 Å². The minimum Gasteiger partial charge on any atom is -0.309 e. The van der Waals surface area contributed by atoms with Crippen molar-refractivity contribution in [3.8, 4) is 0 Å². The summed E-state index contributed by atoms with van der Waals surface area (Å²) in [6.45, 7) is 5.48. The highest BCUT2D eigenvalue weighted by molar-refractivity contribution is 5.22. The van der Waals surface area contributed by atoms with Crippen LogP contribution in [0.1, 0.15) is 50.3 Å². The molecule has 0 aliphatic heterocycles. The van der Waals surface area contributed by atoms with E-state index in [1.54, 1.807) is 0 Å². The van der Waals surface area contributed by atoms with Crippen molar-refractivity contribution in [3.05, 3.63) is 17.5 Å². The highest BCUT2D eigenvalue weighted by Crippen LogP contribution is 2.65. The largest absolute Gasteiger partial charge is 0.309 e. The molecule has 4 atom stereocenters. The van der Waals surface area contributed by atoms with Crippen LogP contribution >= 0.6 is 0 Å². The molecule has 1 aromatic rings. The molecular weight excluding hydrogens is 234 g/mol. The lowest BCUT2D eigenvalue weighted by Crippen LogP contribution is -2.22. The first-order valence-electron chi connectivity index (χ1n) is 7.91. The number of hydrogen-bond acceptors (Lipinski definition) is 2. The summed E-state index contributed by atoms with van der Waals surface area (Å²) in [5.41, 5.74) is 2.67. The van der Waals surface area contributed by atoms with Gasteiger partial charge in [-0.25, -0.2) is 0 Å². The van der Waals surface area contributed by atoms with Gasteiger partial charge in [0.25, 0.3) is 0 Å². The first kappa shape index (κ1) is 12.0. The van der Waals surface area contributed by atoms with Gasteiger partial charge < -0.3 is 5.32 Å². The normalized spacial score (nSPS) is 39.1. The van der Waals surface area contributed by atoms with E-state index in [4.69, 9.17) is 0 Å². The molecule has 3 aliphatic rings. The number of fused-ring (bicyclic) bond motifs is 5. The molecule has 104 valence electrons. The molecular formula is C16H25N3. The number of rotatable bonds is 4. The average molecular weight is 259 g/mol. The monoisotopic (exact) mass is 259 g/mol. The zero-order valence-corrected chi connectivity index (χ0v) is 12.3. The predicted molar refractivity (Wildman–Crippen MR) is 75.7 cm³/mol. The summed E-state index contributed by atoms with van der Waals surface area (Å²) in [4.78, 5) is 0. The third-order valence-corrected chi connectivity index (χ3v) is 5.75. The molecule has 3 fully saturated rings. The van der Waals surface area contributed by atoms with Crippen molar-refractivity contribution in [2.45, 2.75) is 51.6 Å². The Morgan fingerprint density at radius 1 is 1.32 bits per heavy atom. The second-order valence-corrected chi connectivity index (χ2v) is 7.26. The summed E-state index contributed by atoms with van der Waals surface area (Å²) in [7, 11) is 2.03. The minimum absolute atomic E-state index is 0.521. The Morgan fingerprint density at radius 3 is 2.63 bits per heavy atom. The summed E-state index contributed by atoms with van der Waals surface area (Å²) >= 11 is 0. The maximum absolute atomic E-state index is 4.60. The summed E-state index contributed by atoms with van der Waals surface area (Å²) in [6, 6.07) is 0.825. The first-order valence-corrected chi connectivity index (χ1v) is 7.91. The molecule has 0 aromatic carbocycles. The fourth-order valence-electron chi connectivity index (χ4n) is 5.00. The SMILES string of the molecule is CC(C)c1nn(C)cc1CNC1C2C3CCC(C3)C12. The Bertz CT molecular complexity index is 474. The summed E-state index contributed by atoms with van der Waals surface area (Å²) in [5.74, 6) is 4.70. The molecule has 1 aromatic heterocycles. The third kappa shape index (κ3) is 1.78. The standard InChI is InChI=1S/C16H25N3/c1-9(2)15-12(8-19(3)18-15)7-17-16-13-10-4-5-11(6-10)14(13)16/h8-11,13-14,16-17H,4-7H2,1-3H3. The second kappa shape index (κ2) is 4.08. The molecule has 1 heterocycles. The van der Waals surface area contributed by atoms with Gasteiger partial charge >= 0.3 is 0 Å². The minimum atomic E-state index is 0.521. The van der Waals surface area contributed by atoms with Gasteiger partial charge in [0.15, 0.2) is 0 Å². The number of nitrogens with zero attached hydrogens (tertiary/aromatic N) is 2. The van der Waals surface area contributed by atoms with Gasteiger partial charge in [0.05, 0.1) is 5.69 Å². The number of aromatic nitrogens is 2. The Kier molecular flexibility index (Phi) is 2.57. The van der Waals surface area contributed by atoms with Crippen molar-refractivity contribution in [3.63, 3.8) is 0 Å². The average Bonchev–Trinajstić information content (AvgIpc) is 2.74. The van der Waals surface area contributed by atoms with Crippen molar-refractivity contribution >= 4 is 0 Å². The van der Waals surface area contributed by atoms with Gasteiger partial charge in [0.2, 0.25) is 0 Å². The number of aryl methyl sites for hydroxylation is 1. The van der Waals surface area contributed by atoms with Crippen molar-refractivity contribution < 1.29 is 0 Å². The van der Waals surface area contributed by atoms with E-state index in [1.807, 2.05) is 11.7 Å². The molecule has 2 bridgehead atoms. The van der Waals surface area contributed by atoms with Crippen LogP contribution in [0.4, 0.5) is 0 Å². The van der Waals surface area contributed by atoms with Crippen LogP contribution in [0.15, 0.2) is 6.20 Å². The number of nitrogens with one attached hydrogen (secondary N) is 1. The molecule has 0 radical (unpaired) electrons. The van der Waals surface area contributed by atoms with Gasteiger partial charge in [-0.05, 0) is 48.9 Å². The van der Waals surface area contributed by atoms with E-state index in [1.165, 1.54) is 30.5 Å². The molecule has 4 rings (SSSR count). The van der Waals surface area contributed by atoms with E-state index in [0.29, 0.717) is 5.92 Å². The van der Waals surface area contributed by atoms with E-state index < -0.39 is 0 Å². The topological polar surface area (TPSA) is 29.9 Å². The molecule has 3 saturated carbocycles. The van der Waals surface area contributed by atoms with Gasteiger partial charge in [-0.15, -0.1) is 0 Å². The predicted octanol–water partition coefficient (Wildman–Crippen LogP) is 2.68. The van der Waals surface area contributed by atoms with E-state index in [-0.39, 0.29) is 0 Å². The van der Waals surface area contributed by atoms with Crippen LogP contribution in [-0.4, -0.2) is 15.8 Å². The summed E-state index contributed by atoms with van der Waals surface area (Å²) < 4.78 is 1.96. The van der Waals surface area contributed by atoms with Crippen LogP contribution in [0, 0.1) is 23.7 Å². The lowest BCUT2D eigenvalue weighted by atomic mass is 10.0. The molecule has 0 spiro atoms. The van der Waals surface area contributed by atoms with Crippen LogP contribution in [-0.2, 0) is 13.6 Å². The van der Waals surface area contributed by atoms with Gasteiger partial charge in [-0.3, -0.25) is 4.68 Å². The highest BCUT2D eigenvalue weighted by Gasteiger charge is 2.64. The van der Waals surface area contributed by atoms with Gasteiger partial charge in [0.1, 0.15) is 0 Å². The Balaban J connectivity index is 1.41. The van der Waals surface area contributed by atoms with Crippen LogP contribution in [0.3, 0.4) is 0 Å². The maximum Gasteiger partial charge on any atom is 0.0694 e. The van der Waals surface area contributed by atoms with Crippen LogP contribution in [0.25, 0.3) is 0 Å². The van der Waals surface area contributed by atoms with Gasteiger partial charge in [-0.2, -0.15) is 5.10 Å². The lowest BCUT2D eigenvalue weighted by Gasteiger charge is -2.11. The third-order valence-electron chi connectivity index (χ3n) is 5.75. The fraction of sp³-hybridized carbons (Fsp3) is 0.812. The smallest absolute Gasteiger partial charge is 0.0694 e. The second-order valence-electron chi connectivity index (χ2n) is 7.26. The molecule has 0 saturated heterocycles. The van der Waals surface area contributed by atoms with Crippen LogP contribution in [0.2, 0.25) is 0 Å². The zero-order chi connectivity index (χ0) is 13.1. The number of hydrogen-bond donors (Lipinski definition) is 1. The van der Waals surface area contributed by atoms with Gasteiger partial charge in [0, 0.05) is 31.4 Å². The molecule has 3 nitrogen and oxygen atoms in total. The van der Waals surface area contributed by atoms with Crippen molar-refractivity contribution in [1.29, 1.82) is 0 Å². The Morgan fingerprint density at radius 2 is 2.00 bits per heavy atom. The first-order chi connectivity index (χ1) is 9.15. The fourth-order valence-corrected chi connectivity index (χ4v) is 5.00. The quantitative estimate of drug-likeness (QED) is 0.901. The van der Waals surface area contributed by atoms with E-state index in [9.17, 15) is 0 Å². The van der Waals surface area contributed by atoms with Gasteiger partial charge in [-0.1, -0.05) is 13.8 Å². The van der Waals surface area contributed by atoms with Crippen molar-refractivity contribution in [2.24, 2.45) is 30.7 Å². The molecule has 0 amide bonds.